The average Bonchev–Trinajstić information content (AvgIpc) is 2.53. The lowest BCUT2D eigenvalue weighted by Gasteiger charge is -2.10. The van der Waals surface area contributed by atoms with E-state index in [0.717, 1.165) is 11.1 Å². The molecule has 0 aliphatic rings. The molecule has 2 aromatic rings. The number of carbonyl (C=O) groups excluding carboxylic acids is 1. The van der Waals surface area contributed by atoms with Gasteiger partial charge in [-0.2, -0.15) is 0 Å². The maximum Gasteiger partial charge on any atom is 0.330 e. The standard InChI is InChI=1S/C17H17NO3/c1-3-21-16(19)10-9-15-17(20-2)14(11-12-18-15)13-7-5-4-6-8-13/h4-12H,3H2,1-2H3. The van der Waals surface area contributed by atoms with E-state index in [4.69, 9.17) is 9.47 Å². The molecule has 0 radical (unpaired) electrons. The van der Waals surface area contributed by atoms with Crippen molar-refractivity contribution in [3.8, 4) is 16.9 Å². The number of methoxy groups -OCH3 is 1. The molecule has 0 amide bonds. The van der Waals surface area contributed by atoms with Gasteiger partial charge in [-0.25, -0.2) is 4.79 Å². The predicted molar refractivity (Wildman–Crippen MR) is 81.9 cm³/mol. The number of rotatable bonds is 5. The van der Waals surface area contributed by atoms with Crippen LogP contribution in [0, 0.1) is 0 Å². The van der Waals surface area contributed by atoms with Gasteiger partial charge in [-0.05, 0) is 24.6 Å². The summed E-state index contributed by atoms with van der Waals surface area (Å²) in [6.07, 6.45) is 4.64. The summed E-state index contributed by atoms with van der Waals surface area (Å²) in [7, 11) is 1.59. The maximum atomic E-state index is 11.4. The van der Waals surface area contributed by atoms with Crippen molar-refractivity contribution in [3.63, 3.8) is 0 Å². The normalized spacial score (nSPS) is 10.6. The number of nitrogens with zero attached hydrogens (tertiary/aromatic N) is 1. The molecule has 21 heavy (non-hydrogen) atoms. The predicted octanol–water partition coefficient (Wildman–Crippen LogP) is 3.33. The van der Waals surface area contributed by atoms with Gasteiger partial charge in [-0.15, -0.1) is 0 Å². The van der Waals surface area contributed by atoms with Crippen LogP contribution in [0.5, 0.6) is 5.75 Å². The van der Waals surface area contributed by atoms with Crippen molar-refractivity contribution in [1.82, 2.24) is 4.98 Å². The maximum absolute atomic E-state index is 11.4. The monoisotopic (exact) mass is 283 g/mol. The minimum Gasteiger partial charge on any atom is -0.494 e. The fourth-order valence-electron chi connectivity index (χ4n) is 1.98. The van der Waals surface area contributed by atoms with E-state index in [0.29, 0.717) is 18.1 Å². The molecule has 0 unspecified atom stereocenters. The molecule has 0 atom stereocenters. The van der Waals surface area contributed by atoms with Gasteiger partial charge in [0.1, 0.15) is 5.69 Å². The van der Waals surface area contributed by atoms with Crippen LogP contribution in [0.1, 0.15) is 12.6 Å². The van der Waals surface area contributed by atoms with Crippen molar-refractivity contribution in [1.29, 1.82) is 0 Å². The summed E-state index contributed by atoms with van der Waals surface area (Å²) in [6, 6.07) is 11.8. The quantitative estimate of drug-likeness (QED) is 0.624. The first-order valence-corrected chi connectivity index (χ1v) is 6.69. The number of hydrogen-bond donors (Lipinski definition) is 0. The third kappa shape index (κ3) is 3.69. The highest BCUT2D eigenvalue weighted by molar-refractivity contribution is 5.88. The van der Waals surface area contributed by atoms with Gasteiger partial charge in [0.25, 0.3) is 0 Å². The highest BCUT2D eigenvalue weighted by atomic mass is 16.5. The van der Waals surface area contributed by atoms with E-state index in [2.05, 4.69) is 4.98 Å². The number of aromatic nitrogens is 1. The van der Waals surface area contributed by atoms with Gasteiger partial charge in [0.2, 0.25) is 0 Å². The zero-order valence-electron chi connectivity index (χ0n) is 12.1. The van der Waals surface area contributed by atoms with Gasteiger partial charge in [-0.1, -0.05) is 30.3 Å². The smallest absolute Gasteiger partial charge is 0.330 e. The number of pyridine rings is 1. The van der Waals surface area contributed by atoms with Crippen molar-refractivity contribution in [3.05, 3.63) is 54.4 Å². The molecule has 1 aromatic carbocycles. The van der Waals surface area contributed by atoms with Gasteiger partial charge in [0.15, 0.2) is 5.75 Å². The molecule has 4 heteroatoms. The molecule has 108 valence electrons. The Morgan fingerprint density at radius 2 is 2.00 bits per heavy atom. The molecule has 0 saturated heterocycles. The molecule has 0 aliphatic carbocycles. The van der Waals surface area contributed by atoms with Crippen LogP contribution in [0.3, 0.4) is 0 Å². The third-order valence-electron chi connectivity index (χ3n) is 2.88. The number of ether oxygens (including phenoxy) is 2. The third-order valence-corrected chi connectivity index (χ3v) is 2.88. The number of carbonyl (C=O) groups is 1. The van der Waals surface area contributed by atoms with E-state index in [1.165, 1.54) is 6.08 Å². The Bertz CT molecular complexity index is 636. The molecule has 0 bridgehead atoms. The molecular weight excluding hydrogens is 266 g/mol. The second-order valence-electron chi connectivity index (χ2n) is 4.23. The molecule has 4 nitrogen and oxygen atoms in total. The molecule has 1 aromatic heterocycles. The first kappa shape index (κ1) is 14.8. The Labute approximate surface area is 124 Å². The fourth-order valence-corrected chi connectivity index (χ4v) is 1.98. The lowest BCUT2D eigenvalue weighted by molar-refractivity contribution is -0.137. The summed E-state index contributed by atoms with van der Waals surface area (Å²) in [5.74, 6) is 0.232. The van der Waals surface area contributed by atoms with E-state index < -0.39 is 5.97 Å². The van der Waals surface area contributed by atoms with E-state index in [1.807, 2.05) is 36.4 Å². The molecule has 0 spiro atoms. The topological polar surface area (TPSA) is 48.4 Å². The van der Waals surface area contributed by atoms with Crippen molar-refractivity contribution in [2.45, 2.75) is 6.92 Å². The molecular formula is C17H17NO3. The van der Waals surface area contributed by atoms with Crippen molar-refractivity contribution in [2.24, 2.45) is 0 Å². The van der Waals surface area contributed by atoms with E-state index in [-0.39, 0.29) is 0 Å². The molecule has 0 fully saturated rings. The first-order chi connectivity index (χ1) is 10.3. The molecule has 0 saturated carbocycles. The first-order valence-electron chi connectivity index (χ1n) is 6.69. The van der Waals surface area contributed by atoms with E-state index >= 15 is 0 Å². The van der Waals surface area contributed by atoms with Gasteiger partial charge in [0.05, 0.1) is 13.7 Å². The van der Waals surface area contributed by atoms with Crippen LogP contribution in [0.2, 0.25) is 0 Å². The largest absolute Gasteiger partial charge is 0.494 e. The van der Waals surface area contributed by atoms with Crippen molar-refractivity contribution in [2.75, 3.05) is 13.7 Å². The minimum atomic E-state index is -0.397. The summed E-state index contributed by atoms with van der Waals surface area (Å²) >= 11 is 0. The molecule has 0 N–H and O–H groups in total. The van der Waals surface area contributed by atoms with Crippen LogP contribution >= 0.6 is 0 Å². The number of hydrogen-bond acceptors (Lipinski definition) is 4. The highest BCUT2D eigenvalue weighted by Gasteiger charge is 2.10. The van der Waals surface area contributed by atoms with Gasteiger partial charge in [0, 0.05) is 17.8 Å². The van der Waals surface area contributed by atoms with Gasteiger partial charge in [-0.3, -0.25) is 4.98 Å². The lowest BCUT2D eigenvalue weighted by Crippen LogP contribution is -1.99. The Morgan fingerprint density at radius 3 is 2.67 bits per heavy atom. The van der Waals surface area contributed by atoms with Crippen LogP contribution in [0.4, 0.5) is 0 Å². The van der Waals surface area contributed by atoms with Crippen LogP contribution in [-0.2, 0) is 9.53 Å². The van der Waals surface area contributed by atoms with Crippen LogP contribution in [-0.4, -0.2) is 24.7 Å². The lowest BCUT2D eigenvalue weighted by atomic mass is 10.0. The summed E-state index contributed by atoms with van der Waals surface area (Å²) < 4.78 is 10.3. The second-order valence-corrected chi connectivity index (χ2v) is 4.23. The summed E-state index contributed by atoms with van der Waals surface area (Å²) in [6.45, 7) is 2.11. The van der Waals surface area contributed by atoms with Crippen molar-refractivity contribution >= 4 is 12.0 Å². The molecule has 1 heterocycles. The SMILES string of the molecule is CCOC(=O)C=Cc1nccc(-c2ccccc2)c1OC. The zero-order valence-corrected chi connectivity index (χ0v) is 12.1. The van der Waals surface area contributed by atoms with E-state index in [1.54, 1.807) is 26.3 Å². The zero-order chi connectivity index (χ0) is 15.1. The second kappa shape index (κ2) is 7.24. The average molecular weight is 283 g/mol. The Hall–Kier alpha value is -2.62. The molecule has 0 aliphatic heterocycles. The molecule has 2 rings (SSSR count). The Balaban J connectivity index is 2.38. The van der Waals surface area contributed by atoms with E-state index in [9.17, 15) is 4.79 Å². The van der Waals surface area contributed by atoms with Crippen molar-refractivity contribution < 1.29 is 14.3 Å². The number of benzene rings is 1. The summed E-state index contributed by atoms with van der Waals surface area (Å²) in [5, 5.41) is 0. The summed E-state index contributed by atoms with van der Waals surface area (Å²) in [5.41, 5.74) is 2.55. The Kier molecular flexibility index (Phi) is 5.10. The fraction of sp³-hybridized carbons (Fsp3) is 0.176. The van der Waals surface area contributed by atoms with Crippen LogP contribution < -0.4 is 4.74 Å². The summed E-state index contributed by atoms with van der Waals surface area (Å²) in [4.78, 5) is 15.6. The highest BCUT2D eigenvalue weighted by Crippen LogP contribution is 2.32. The minimum absolute atomic E-state index is 0.345. The van der Waals surface area contributed by atoms with Crippen LogP contribution in [0.25, 0.3) is 17.2 Å². The van der Waals surface area contributed by atoms with Gasteiger partial charge >= 0.3 is 5.97 Å². The Morgan fingerprint density at radius 1 is 1.24 bits per heavy atom. The van der Waals surface area contributed by atoms with Crippen LogP contribution in [0.15, 0.2) is 48.7 Å². The number of esters is 1. The van der Waals surface area contributed by atoms with Gasteiger partial charge < -0.3 is 9.47 Å².